The summed E-state index contributed by atoms with van der Waals surface area (Å²) < 4.78 is 48.7. The molecule has 0 atom stereocenters. The Morgan fingerprint density at radius 3 is 2.57 bits per heavy atom. The number of ether oxygens (including phenoxy) is 1. The first-order chi connectivity index (χ1) is 21.4. The van der Waals surface area contributed by atoms with E-state index in [1.165, 1.54) is 4.70 Å². The van der Waals surface area contributed by atoms with Crippen LogP contribution in [0.2, 0.25) is 0 Å². The summed E-state index contributed by atoms with van der Waals surface area (Å²) in [5.74, 6) is 0.869. The van der Waals surface area contributed by atoms with Crippen LogP contribution in [0.5, 0.6) is 5.75 Å². The number of benzene rings is 3. The predicted octanol–water partition coefficient (Wildman–Crippen LogP) is 6.86. The molecule has 3 aromatic carbocycles. The lowest BCUT2D eigenvalue weighted by atomic mass is 10.2. The minimum absolute atomic E-state index is 0.186. The lowest BCUT2D eigenvalue weighted by Crippen LogP contribution is -2.35. The number of aryl methyl sites for hydroxylation is 1. The summed E-state index contributed by atoms with van der Waals surface area (Å²) in [5.41, 5.74) is 5.15. The van der Waals surface area contributed by atoms with E-state index in [-0.39, 0.29) is 6.42 Å². The highest BCUT2D eigenvalue weighted by atomic mass is 32.2. The van der Waals surface area contributed by atoms with E-state index in [1.54, 1.807) is 11.3 Å². The minimum Gasteiger partial charge on any atom is -0.748 e. The van der Waals surface area contributed by atoms with Crippen LogP contribution in [-0.4, -0.2) is 34.4 Å². The quantitative estimate of drug-likeness (QED) is 0.123. The van der Waals surface area contributed by atoms with Crippen molar-refractivity contribution in [3.05, 3.63) is 108 Å². The van der Waals surface area contributed by atoms with Crippen LogP contribution in [0.1, 0.15) is 31.2 Å². The number of rotatable bonds is 10. The molecule has 0 N–H and O–H groups in total. The van der Waals surface area contributed by atoms with Gasteiger partial charge < -0.3 is 23.3 Å². The zero-order chi connectivity index (χ0) is 30.3. The number of fused-ring (bicyclic) bond motifs is 3. The van der Waals surface area contributed by atoms with Gasteiger partial charge in [0.1, 0.15) is 4.70 Å². The zero-order valence-electron chi connectivity index (χ0n) is 24.3. The third-order valence-corrected chi connectivity index (χ3v) is 9.87. The molecule has 7 rings (SSSR count). The first-order valence-corrected chi connectivity index (χ1v) is 17.2. The Bertz CT molecular complexity index is 2110. The molecule has 0 saturated carbocycles. The van der Waals surface area contributed by atoms with Gasteiger partial charge >= 0.3 is 0 Å². The molecular weight excluding hydrogens is 593 g/mol. The summed E-state index contributed by atoms with van der Waals surface area (Å²) in [5, 5.41) is 2.18. The van der Waals surface area contributed by atoms with Gasteiger partial charge in [-0.2, -0.15) is 4.57 Å². The maximum Gasteiger partial charge on any atom is 0.268 e. The van der Waals surface area contributed by atoms with Crippen LogP contribution in [0.4, 0.5) is 5.69 Å². The van der Waals surface area contributed by atoms with Crippen LogP contribution < -0.4 is 14.2 Å². The molecule has 3 aromatic heterocycles. The second-order valence-corrected chi connectivity index (χ2v) is 13.5. The second kappa shape index (κ2) is 11.6. The summed E-state index contributed by atoms with van der Waals surface area (Å²) >= 11 is 1.70. The van der Waals surface area contributed by atoms with E-state index in [1.807, 2.05) is 66.0 Å². The summed E-state index contributed by atoms with van der Waals surface area (Å²) in [7, 11) is -4.34. The first kappa shape index (κ1) is 28.4. The van der Waals surface area contributed by atoms with Gasteiger partial charge in [0, 0.05) is 49.1 Å². The molecule has 0 unspecified atom stereocenters. The number of nitrogens with zero attached hydrogens (tertiary/aromatic N) is 4. The van der Waals surface area contributed by atoms with Crippen molar-refractivity contribution in [3.8, 4) is 17.1 Å². The number of unbranched alkanes of at least 4 members (excludes halogenated alkanes) is 1. The van der Waals surface area contributed by atoms with E-state index in [2.05, 4.69) is 63.1 Å². The van der Waals surface area contributed by atoms with Gasteiger partial charge in [-0.1, -0.05) is 42.9 Å². The van der Waals surface area contributed by atoms with Crippen LogP contribution in [0.15, 0.2) is 103 Å². The van der Waals surface area contributed by atoms with Crippen molar-refractivity contribution >= 4 is 54.3 Å². The van der Waals surface area contributed by atoms with E-state index in [4.69, 9.17) is 4.74 Å². The molecule has 8 nitrogen and oxygen atoms in total. The van der Waals surface area contributed by atoms with Crippen LogP contribution in [-0.2, 0) is 16.7 Å². The average Bonchev–Trinajstić information content (AvgIpc) is 3.81. The monoisotopic (exact) mass is 624 g/mol. The van der Waals surface area contributed by atoms with Crippen molar-refractivity contribution in [2.45, 2.75) is 32.7 Å². The fourth-order valence-electron chi connectivity index (χ4n) is 5.80. The molecule has 0 amide bonds. The van der Waals surface area contributed by atoms with Crippen LogP contribution >= 0.6 is 11.3 Å². The van der Waals surface area contributed by atoms with Crippen LogP contribution in [0.3, 0.4) is 0 Å². The molecule has 0 bridgehead atoms. The van der Waals surface area contributed by atoms with Crippen LogP contribution in [0, 0.1) is 0 Å². The number of anilines is 1. The summed E-state index contributed by atoms with van der Waals surface area (Å²) in [6.07, 6.45) is 10.5. The summed E-state index contributed by atoms with van der Waals surface area (Å²) in [6.45, 7) is 3.37. The van der Waals surface area contributed by atoms with E-state index < -0.39 is 15.9 Å². The van der Waals surface area contributed by atoms with Crippen molar-refractivity contribution in [1.29, 1.82) is 0 Å². The molecule has 10 heteroatoms. The molecule has 0 radical (unpaired) electrons. The first-order valence-electron chi connectivity index (χ1n) is 14.8. The lowest BCUT2D eigenvalue weighted by Gasteiger charge is -2.19. The van der Waals surface area contributed by atoms with Gasteiger partial charge in [-0.15, -0.1) is 0 Å². The Labute approximate surface area is 260 Å². The molecule has 0 aliphatic carbocycles. The van der Waals surface area contributed by atoms with Crippen molar-refractivity contribution in [3.63, 3.8) is 0 Å². The van der Waals surface area contributed by atoms with Gasteiger partial charge in [0.25, 0.3) is 5.01 Å². The molecule has 1 aliphatic heterocycles. The lowest BCUT2D eigenvalue weighted by molar-refractivity contribution is -0.669. The average molecular weight is 625 g/mol. The smallest absolute Gasteiger partial charge is 0.268 e. The largest absolute Gasteiger partial charge is 0.748 e. The molecule has 6 aromatic rings. The van der Waals surface area contributed by atoms with Gasteiger partial charge in [-0.25, -0.2) is 8.42 Å². The Morgan fingerprint density at radius 2 is 1.75 bits per heavy atom. The van der Waals surface area contributed by atoms with E-state index >= 15 is 0 Å². The molecular formula is C34H32N4O4S2. The van der Waals surface area contributed by atoms with E-state index in [0.717, 1.165) is 57.9 Å². The number of para-hydroxylation sites is 1. The number of hydrogen-bond donors (Lipinski definition) is 0. The van der Waals surface area contributed by atoms with Crippen molar-refractivity contribution < 1.29 is 22.3 Å². The second-order valence-electron chi connectivity index (χ2n) is 10.9. The normalized spacial score (nSPS) is 14.1. The highest BCUT2D eigenvalue weighted by molar-refractivity contribution is 7.85. The van der Waals surface area contributed by atoms with Crippen molar-refractivity contribution in [2.24, 2.45) is 0 Å². The minimum atomic E-state index is -4.34. The van der Waals surface area contributed by atoms with E-state index in [0.29, 0.717) is 18.2 Å². The fraction of sp³-hybridized carbons (Fsp3) is 0.206. The third kappa shape index (κ3) is 5.52. The number of hydrogen-bond acceptors (Lipinski definition) is 6. The maximum absolute atomic E-state index is 11.5. The van der Waals surface area contributed by atoms with Crippen molar-refractivity contribution in [2.75, 3.05) is 17.2 Å². The molecule has 0 fully saturated rings. The Morgan fingerprint density at radius 1 is 0.932 bits per heavy atom. The molecule has 44 heavy (non-hydrogen) atoms. The molecule has 0 saturated heterocycles. The van der Waals surface area contributed by atoms with Crippen LogP contribution in [0.25, 0.3) is 38.6 Å². The maximum atomic E-state index is 11.5. The topological polar surface area (TPSA) is 83.4 Å². The Hall–Kier alpha value is -4.38. The molecule has 4 heterocycles. The van der Waals surface area contributed by atoms with Gasteiger partial charge in [-0.3, -0.25) is 0 Å². The summed E-state index contributed by atoms with van der Waals surface area (Å²) in [6, 6.07) is 26.9. The SMILES string of the molecule is CCCC[n+]1c(/C=C2\Oc3ccc(-n4ccc5ccccc54)cc3N2CCCS(=O)(=O)[O-])sc2ccc(-n3cccc3)cc21. The standard InChI is InChI=1S/C34H32N4O4S2/c1-2-3-18-38-30-22-26(35-16-6-7-17-35)12-14-32(30)43-34(38)24-33-37(19-8-21-44(39,40)41)29-23-27(11-13-31(29)42-33)36-20-15-25-9-4-5-10-28(25)36/h4-7,9-17,20,22-24H,2-3,8,18-19,21H2,1H3. The third-order valence-electron chi connectivity index (χ3n) is 7.97. The van der Waals surface area contributed by atoms with Gasteiger partial charge in [0.05, 0.1) is 33.1 Å². The van der Waals surface area contributed by atoms with Gasteiger partial charge in [0.2, 0.25) is 11.4 Å². The van der Waals surface area contributed by atoms with E-state index in [9.17, 15) is 13.0 Å². The molecule has 224 valence electrons. The Balaban J connectivity index is 1.30. The highest BCUT2D eigenvalue weighted by Gasteiger charge is 2.30. The predicted molar refractivity (Wildman–Crippen MR) is 175 cm³/mol. The number of thiazole rings is 1. The van der Waals surface area contributed by atoms with Gasteiger partial charge in [-0.05, 0) is 66.4 Å². The van der Waals surface area contributed by atoms with Gasteiger partial charge in [0.15, 0.2) is 12.3 Å². The van der Waals surface area contributed by atoms with Crippen molar-refractivity contribution in [1.82, 2.24) is 9.13 Å². The molecule has 1 aliphatic rings. The Kier molecular flexibility index (Phi) is 7.49. The summed E-state index contributed by atoms with van der Waals surface area (Å²) in [4.78, 5) is 2.00. The fourth-order valence-corrected chi connectivity index (χ4v) is 7.38. The number of aromatic nitrogens is 3. The highest BCUT2D eigenvalue weighted by Crippen LogP contribution is 2.42. The molecule has 0 spiro atoms. The zero-order valence-corrected chi connectivity index (χ0v) is 25.9.